The molecule has 0 bridgehead atoms. The standard InChI is InChI=1S/C13H14ClN7S/c14-11-7(3-6-1-2-6)17-18-8(11)5-22-9-4-10(15)16-13-12(9)19-21-20-13/h4,6H,1-3,5H2,(H,17,18)(H3,15,16,19,20,21). The third kappa shape index (κ3) is 2.64. The van der Waals surface area contributed by atoms with Gasteiger partial charge < -0.3 is 5.73 Å². The van der Waals surface area contributed by atoms with Gasteiger partial charge in [-0.3, -0.25) is 5.10 Å². The third-order valence-corrected chi connectivity index (χ3v) is 5.17. The van der Waals surface area contributed by atoms with Crippen molar-refractivity contribution in [1.82, 2.24) is 30.6 Å². The first-order valence-corrected chi connectivity index (χ1v) is 8.38. The molecule has 0 amide bonds. The first-order chi connectivity index (χ1) is 10.7. The summed E-state index contributed by atoms with van der Waals surface area (Å²) < 4.78 is 0. The zero-order valence-corrected chi connectivity index (χ0v) is 13.2. The SMILES string of the molecule is Nc1cc(SCc2[nH]nc(CC3CC3)c2Cl)c2n[nH]nc2n1. The number of nitrogens with one attached hydrogen (secondary N) is 2. The van der Waals surface area contributed by atoms with Crippen LogP contribution in [-0.4, -0.2) is 30.6 Å². The Morgan fingerprint density at radius 3 is 3.00 bits per heavy atom. The van der Waals surface area contributed by atoms with Crippen LogP contribution in [-0.2, 0) is 12.2 Å². The lowest BCUT2D eigenvalue weighted by Crippen LogP contribution is -1.92. The minimum Gasteiger partial charge on any atom is -0.384 e. The predicted octanol–water partition coefficient (Wildman–Crippen LogP) is 2.56. The van der Waals surface area contributed by atoms with Crippen molar-refractivity contribution in [1.29, 1.82) is 0 Å². The van der Waals surface area contributed by atoms with Crippen molar-refractivity contribution in [2.75, 3.05) is 5.73 Å². The summed E-state index contributed by atoms with van der Waals surface area (Å²) in [5.74, 6) is 1.85. The fourth-order valence-electron chi connectivity index (χ4n) is 2.32. The van der Waals surface area contributed by atoms with Gasteiger partial charge in [0, 0.05) is 10.6 Å². The van der Waals surface area contributed by atoms with Gasteiger partial charge in [-0.1, -0.05) is 11.6 Å². The van der Waals surface area contributed by atoms with Crippen LogP contribution in [0.5, 0.6) is 0 Å². The zero-order valence-electron chi connectivity index (χ0n) is 11.6. The van der Waals surface area contributed by atoms with Crippen LogP contribution in [0.25, 0.3) is 11.2 Å². The second-order valence-electron chi connectivity index (χ2n) is 5.44. The van der Waals surface area contributed by atoms with Gasteiger partial charge in [0.2, 0.25) is 5.65 Å². The second-order valence-corrected chi connectivity index (χ2v) is 6.84. The van der Waals surface area contributed by atoms with Crippen LogP contribution in [0.3, 0.4) is 0 Å². The molecule has 1 aliphatic carbocycles. The number of thioether (sulfide) groups is 1. The molecule has 3 aromatic rings. The van der Waals surface area contributed by atoms with Crippen molar-refractivity contribution >= 4 is 40.3 Å². The second kappa shape index (κ2) is 5.44. The first-order valence-electron chi connectivity index (χ1n) is 7.02. The molecule has 1 saturated carbocycles. The van der Waals surface area contributed by atoms with E-state index in [-0.39, 0.29) is 0 Å². The maximum Gasteiger partial charge on any atom is 0.204 e. The number of anilines is 1. The van der Waals surface area contributed by atoms with Crippen LogP contribution in [0.4, 0.5) is 5.82 Å². The van der Waals surface area contributed by atoms with Crippen molar-refractivity contribution in [3.63, 3.8) is 0 Å². The molecule has 1 aliphatic rings. The topological polar surface area (TPSA) is 109 Å². The molecule has 0 unspecified atom stereocenters. The summed E-state index contributed by atoms with van der Waals surface area (Å²) in [5, 5.41) is 18.8. The van der Waals surface area contributed by atoms with E-state index in [0.29, 0.717) is 22.7 Å². The molecule has 114 valence electrons. The Kier molecular flexibility index (Phi) is 3.42. The summed E-state index contributed by atoms with van der Waals surface area (Å²) in [6.45, 7) is 0. The number of hydrogen-bond donors (Lipinski definition) is 3. The molecule has 0 saturated heterocycles. The van der Waals surface area contributed by atoms with E-state index in [9.17, 15) is 0 Å². The van der Waals surface area contributed by atoms with Gasteiger partial charge in [-0.25, -0.2) is 4.98 Å². The highest BCUT2D eigenvalue weighted by atomic mass is 35.5. The smallest absolute Gasteiger partial charge is 0.204 e. The largest absolute Gasteiger partial charge is 0.384 e. The maximum absolute atomic E-state index is 6.41. The van der Waals surface area contributed by atoms with Gasteiger partial charge in [-0.15, -0.1) is 16.9 Å². The van der Waals surface area contributed by atoms with Crippen LogP contribution < -0.4 is 5.73 Å². The quantitative estimate of drug-likeness (QED) is 0.618. The van der Waals surface area contributed by atoms with Crippen LogP contribution >= 0.6 is 23.4 Å². The average molecular weight is 336 g/mol. The Morgan fingerprint density at radius 1 is 1.32 bits per heavy atom. The van der Waals surface area contributed by atoms with E-state index in [2.05, 4.69) is 30.6 Å². The van der Waals surface area contributed by atoms with E-state index in [1.807, 2.05) is 0 Å². The highest BCUT2D eigenvalue weighted by Crippen LogP contribution is 2.36. The average Bonchev–Trinajstić information content (AvgIpc) is 3.08. The number of pyridine rings is 1. The number of nitrogens with two attached hydrogens (primary N) is 1. The number of aromatic nitrogens is 6. The minimum absolute atomic E-state index is 0.425. The number of halogens is 1. The fraction of sp³-hybridized carbons (Fsp3) is 0.385. The molecule has 0 aliphatic heterocycles. The van der Waals surface area contributed by atoms with Crippen molar-refractivity contribution in [3.8, 4) is 0 Å². The number of aromatic amines is 2. The molecule has 3 aromatic heterocycles. The van der Waals surface area contributed by atoms with Gasteiger partial charge in [0.05, 0.1) is 16.4 Å². The molecular weight excluding hydrogens is 322 g/mol. The summed E-state index contributed by atoms with van der Waals surface area (Å²) in [6, 6.07) is 1.80. The Hall–Kier alpha value is -1.80. The van der Waals surface area contributed by atoms with Gasteiger partial charge in [-0.2, -0.15) is 15.4 Å². The van der Waals surface area contributed by atoms with E-state index < -0.39 is 0 Å². The fourth-order valence-corrected chi connectivity index (χ4v) is 3.61. The predicted molar refractivity (Wildman–Crippen MR) is 85.7 cm³/mol. The van der Waals surface area contributed by atoms with E-state index in [1.165, 1.54) is 12.8 Å². The Labute approximate surface area is 135 Å². The van der Waals surface area contributed by atoms with Crippen LogP contribution in [0, 0.1) is 5.92 Å². The normalized spacial score (nSPS) is 14.8. The van der Waals surface area contributed by atoms with Crippen molar-refractivity contribution in [3.05, 3.63) is 22.5 Å². The van der Waals surface area contributed by atoms with E-state index in [1.54, 1.807) is 17.8 Å². The molecule has 22 heavy (non-hydrogen) atoms. The monoisotopic (exact) mass is 335 g/mol. The Balaban J connectivity index is 1.54. The van der Waals surface area contributed by atoms with Gasteiger partial charge in [0.1, 0.15) is 11.3 Å². The van der Waals surface area contributed by atoms with Gasteiger partial charge in [0.15, 0.2) is 0 Å². The van der Waals surface area contributed by atoms with Crippen LogP contribution in [0.1, 0.15) is 24.2 Å². The molecule has 0 aromatic carbocycles. The molecular formula is C13H14ClN7S. The molecule has 4 N–H and O–H groups in total. The molecule has 3 heterocycles. The molecule has 4 rings (SSSR count). The Morgan fingerprint density at radius 2 is 2.18 bits per heavy atom. The van der Waals surface area contributed by atoms with Gasteiger partial charge in [0.25, 0.3) is 0 Å². The molecule has 9 heteroatoms. The highest BCUT2D eigenvalue weighted by Gasteiger charge is 2.25. The molecule has 7 nitrogen and oxygen atoms in total. The number of nitrogens with zero attached hydrogens (tertiary/aromatic N) is 4. The minimum atomic E-state index is 0.425. The first kappa shape index (κ1) is 13.8. The third-order valence-electron chi connectivity index (χ3n) is 3.67. The molecule has 0 spiro atoms. The zero-order chi connectivity index (χ0) is 15.1. The van der Waals surface area contributed by atoms with E-state index in [0.717, 1.165) is 33.6 Å². The molecule has 1 fully saturated rings. The lowest BCUT2D eigenvalue weighted by Gasteiger charge is -2.02. The molecule has 0 radical (unpaired) electrons. The summed E-state index contributed by atoms with van der Waals surface area (Å²) in [5.41, 5.74) is 8.93. The van der Waals surface area contributed by atoms with Crippen molar-refractivity contribution in [2.45, 2.75) is 29.9 Å². The summed E-state index contributed by atoms with van der Waals surface area (Å²) in [6.07, 6.45) is 3.54. The summed E-state index contributed by atoms with van der Waals surface area (Å²) >= 11 is 8.00. The number of nitrogen functional groups attached to an aromatic ring is 1. The summed E-state index contributed by atoms with van der Waals surface area (Å²) in [7, 11) is 0. The molecule has 0 atom stereocenters. The van der Waals surface area contributed by atoms with Crippen LogP contribution in [0.15, 0.2) is 11.0 Å². The van der Waals surface area contributed by atoms with Crippen molar-refractivity contribution < 1.29 is 0 Å². The lowest BCUT2D eigenvalue weighted by molar-refractivity contribution is 0.796. The summed E-state index contributed by atoms with van der Waals surface area (Å²) in [4.78, 5) is 5.05. The van der Waals surface area contributed by atoms with Crippen molar-refractivity contribution in [2.24, 2.45) is 5.92 Å². The Bertz CT molecular complexity index is 823. The lowest BCUT2D eigenvalue weighted by atomic mass is 10.2. The van der Waals surface area contributed by atoms with Gasteiger partial charge >= 0.3 is 0 Å². The maximum atomic E-state index is 6.41. The van der Waals surface area contributed by atoms with E-state index in [4.69, 9.17) is 17.3 Å². The number of rotatable bonds is 5. The number of fused-ring (bicyclic) bond motifs is 1. The van der Waals surface area contributed by atoms with Gasteiger partial charge in [-0.05, 0) is 31.2 Å². The number of H-pyrrole nitrogens is 2. The van der Waals surface area contributed by atoms with Crippen LogP contribution in [0.2, 0.25) is 5.02 Å². The number of hydrogen-bond acceptors (Lipinski definition) is 6. The highest BCUT2D eigenvalue weighted by molar-refractivity contribution is 7.98. The van der Waals surface area contributed by atoms with E-state index >= 15 is 0 Å².